The molecule has 0 aromatic carbocycles. The molecular weight excluding hydrogens is 148 g/mol. The maximum atomic E-state index is 9.68. The minimum Gasteiger partial charge on any atom is -0.393 e. The summed E-state index contributed by atoms with van der Waals surface area (Å²) in [6, 6.07) is 0. The Morgan fingerprint density at radius 2 is 1.92 bits per heavy atom. The summed E-state index contributed by atoms with van der Waals surface area (Å²) < 4.78 is 0. The van der Waals surface area contributed by atoms with E-state index in [9.17, 15) is 5.11 Å². The first-order valence-electron chi connectivity index (χ1n) is 5.38. The van der Waals surface area contributed by atoms with Crippen molar-refractivity contribution in [1.29, 1.82) is 0 Å². The van der Waals surface area contributed by atoms with Crippen molar-refractivity contribution in [2.45, 2.75) is 58.5 Å². The fraction of sp³-hybridized carbons (Fsp3) is 1.00. The first-order chi connectivity index (χ1) is 5.70. The Morgan fingerprint density at radius 3 is 2.50 bits per heavy atom. The lowest BCUT2D eigenvalue weighted by atomic mass is 9.82. The summed E-state index contributed by atoms with van der Waals surface area (Å²) in [6.45, 7) is 4.52. The van der Waals surface area contributed by atoms with Gasteiger partial charge in [0.2, 0.25) is 0 Å². The molecule has 0 spiro atoms. The van der Waals surface area contributed by atoms with E-state index in [-0.39, 0.29) is 6.10 Å². The van der Waals surface area contributed by atoms with Gasteiger partial charge in [0.15, 0.2) is 0 Å². The van der Waals surface area contributed by atoms with Gasteiger partial charge in [-0.25, -0.2) is 0 Å². The Morgan fingerprint density at radius 1 is 1.25 bits per heavy atom. The summed E-state index contributed by atoms with van der Waals surface area (Å²) in [5, 5.41) is 9.68. The van der Waals surface area contributed by atoms with Gasteiger partial charge in [0, 0.05) is 0 Å². The molecule has 1 saturated carbocycles. The SMILES string of the molecule is CC(C)CCC1CCCCC1O. The van der Waals surface area contributed by atoms with E-state index in [0.717, 1.165) is 12.3 Å². The van der Waals surface area contributed by atoms with E-state index in [0.29, 0.717) is 5.92 Å². The molecule has 1 aliphatic rings. The third-order valence-electron chi connectivity index (χ3n) is 2.98. The number of hydrogen-bond donors (Lipinski definition) is 1. The van der Waals surface area contributed by atoms with Crippen LogP contribution in [0.15, 0.2) is 0 Å². The van der Waals surface area contributed by atoms with Gasteiger partial charge in [-0.15, -0.1) is 0 Å². The summed E-state index contributed by atoms with van der Waals surface area (Å²) >= 11 is 0. The Balaban J connectivity index is 2.20. The fourth-order valence-corrected chi connectivity index (χ4v) is 2.07. The summed E-state index contributed by atoms with van der Waals surface area (Å²) in [5.41, 5.74) is 0. The quantitative estimate of drug-likeness (QED) is 0.690. The van der Waals surface area contributed by atoms with Gasteiger partial charge < -0.3 is 5.11 Å². The van der Waals surface area contributed by atoms with Crippen LogP contribution < -0.4 is 0 Å². The molecule has 0 amide bonds. The van der Waals surface area contributed by atoms with Crippen molar-refractivity contribution in [3.8, 4) is 0 Å². The standard InChI is InChI=1S/C11H22O/c1-9(2)7-8-10-5-3-4-6-11(10)12/h9-12H,3-8H2,1-2H3. The molecule has 72 valence electrons. The van der Waals surface area contributed by atoms with E-state index < -0.39 is 0 Å². The van der Waals surface area contributed by atoms with Crippen molar-refractivity contribution < 1.29 is 5.11 Å². The van der Waals surface area contributed by atoms with Gasteiger partial charge in [0.05, 0.1) is 6.10 Å². The normalized spacial score (nSPS) is 31.0. The Bertz CT molecular complexity index is 120. The molecule has 1 N–H and O–H groups in total. The van der Waals surface area contributed by atoms with Crippen molar-refractivity contribution in [2.75, 3.05) is 0 Å². The van der Waals surface area contributed by atoms with Crippen LogP contribution in [-0.2, 0) is 0 Å². The Labute approximate surface area is 76.2 Å². The molecule has 12 heavy (non-hydrogen) atoms. The highest BCUT2D eigenvalue weighted by Gasteiger charge is 2.22. The summed E-state index contributed by atoms with van der Waals surface area (Å²) in [4.78, 5) is 0. The van der Waals surface area contributed by atoms with Gasteiger partial charge in [-0.1, -0.05) is 33.1 Å². The monoisotopic (exact) mass is 170 g/mol. The molecular formula is C11H22O. The van der Waals surface area contributed by atoms with Gasteiger partial charge in [-0.2, -0.15) is 0 Å². The average molecular weight is 170 g/mol. The van der Waals surface area contributed by atoms with Crippen LogP contribution in [0, 0.1) is 11.8 Å². The number of aliphatic hydroxyl groups is 1. The number of rotatable bonds is 3. The fourth-order valence-electron chi connectivity index (χ4n) is 2.07. The minimum absolute atomic E-state index is 0.0116. The lowest BCUT2D eigenvalue weighted by Crippen LogP contribution is -2.24. The van der Waals surface area contributed by atoms with Crippen LogP contribution in [0.2, 0.25) is 0 Å². The van der Waals surface area contributed by atoms with Crippen molar-refractivity contribution in [2.24, 2.45) is 11.8 Å². The molecule has 1 fully saturated rings. The molecule has 1 aliphatic carbocycles. The summed E-state index contributed by atoms with van der Waals surface area (Å²) in [7, 11) is 0. The van der Waals surface area contributed by atoms with E-state index in [2.05, 4.69) is 13.8 Å². The molecule has 0 aromatic rings. The zero-order valence-corrected chi connectivity index (χ0v) is 8.42. The molecule has 0 aliphatic heterocycles. The van der Waals surface area contributed by atoms with Crippen LogP contribution in [0.1, 0.15) is 52.4 Å². The molecule has 0 radical (unpaired) electrons. The van der Waals surface area contributed by atoms with E-state index >= 15 is 0 Å². The number of hydrogen-bond acceptors (Lipinski definition) is 1. The van der Waals surface area contributed by atoms with Crippen molar-refractivity contribution >= 4 is 0 Å². The first-order valence-corrected chi connectivity index (χ1v) is 5.38. The van der Waals surface area contributed by atoms with Gasteiger partial charge >= 0.3 is 0 Å². The smallest absolute Gasteiger partial charge is 0.0568 e. The second-order valence-corrected chi connectivity index (χ2v) is 4.58. The molecule has 1 rings (SSSR count). The number of aliphatic hydroxyl groups excluding tert-OH is 1. The predicted octanol–water partition coefficient (Wildman–Crippen LogP) is 2.97. The van der Waals surface area contributed by atoms with Gasteiger partial charge in [-0.05, 0) is 31.1 Å². The molecule has 2 unspecified atom stereocenters. The van der Waals surface area contributed by atoms with Crippen molar-refractivity contribution in [1.82, 2.24) is 0 Å². The maximum absolute atomic E-state index is 9.68. The highest BCUT2D eigenvalue weighted by Crippen LogP contribution is 2.28. The molecule has 1 nitrogen and oxygen atoms in total. The largest absolute Gasteiger partial charge is 0.393 e. The third-order valence-corrected chi connectivity index (χ3v) is 2.98. The van der Waals surface area contributed by atoms with Gasteiger partial charge in [0.1, 0.15) is 0 Å². The predicted molar refractivity (Wildman–Crippen MR) is 52.0 cm³/mol. The molecule has 0 bridgehead atoms. The molecule has 2 atom stereocenters. The van der Waals surface area contributed by atoms with Gasteiger partial charge in [0.25, 0.3) is 0 Å². The Hall–Kier alpha value is -0.0400. The van der Waals surface area contributed by atoms with Crippen molar-refractivity contribution in [3.63, 3.8) is 0 Å². The summed E-state index contributed by atoms with van der Waals surface area (Å²) in [6.07, 6.45) is 7.40. The van der Waals surface area contributed by atoms with Gasteiger partial charge in [-0.3, -0.25) is 0 Å². The average Bonchev–Trinajstić information content (AvgIpc) is 2.03. The maximum Gasteiger partial charge on any atom is 0.0568 e. The molecule has 0 aromatic heterocycles. The topological polar surface area (TPSA) is 20.2 Å². The zero-order valence-electron chi connectivity index (χ0n) is 8.42. The summed E-state index contributed by atoms with van der Waals surface area (Å²) in [5.74, 6) is 1.40. The highest BCUT2D eigenvalue weighted by molar-refractivity contribution is 4.74. The third kappa shape index (κ3) is 3.14. The van der Waals surface area contributed by atoms with E-state index in [1.165, 1.54) is 32.1 Å². The van der Waals surface area contributed by atoms with E-state index in [4.69, 9.17) is 0 Å². The first kappa shape index (κ1) is 10.0. The minimum atomic E-state index is 0.0116. The molecule has 0 saturated heterocycles. The molecule has 1 heteroatoms. The van der Waals surface area contributed by atoms with Crippen molar-refractivity contribution in [3.05, 3.63) is 0 Å². The van der Waals surface area contributed by atoms with E-state index in [1.54, 1.807) is 0 Å². The lowest BCUT2D eigenvalue weighted by molar-refractivity contribution is 0.0625. The van der Waals surface area contributed by atoms with Crippen LogP contribution in [0.5, 0.6) is 0 Å². The van der Waals surface area contributed by atoms with Crippen LogP contribution in [0.3, 0.4) is 0 Å². The van der Waals surface area contributed by atoms with Crippen LogP contribution in [-0.4, -0.2) is 11.2 Å². The van der Waals surface area contributed by atoms with Crippen LogP contribution >= 0.6 is 0 Å². The Kier molecular flexibility index (Phi) is 4.07. The lowest BCUT2D eigenvalue weighted by Gasteiger charge is -2.27. The second kappa shape index (κ2) is 4.86. The van der Waals surface area contributed by atoms with E-state index in [1.807, 2.05) is 0 Å². The van der Waals surface area contributed by atoms with Crippen LogP contribution in [0.25, 0.3) is 0 Å². The highest BCUT2D eigenvalue weighted by atomic mass is 16.3. The second-order valence-electron chi connectivity index (χ2n) is 4.58. The molecule has 0 heterocycles. The zero-order chi connectivity index (χ0) is 8.97. The van der Waals surface area contributed by atoms with Crippen LogP contribution in [0.4, 0.5) is 0 Å².